The summed E-state index contributed by atoms with van der Waals surface area (Å²) in [6, 6.07) is 7.05. The minimum absolute atomic E-state index is 0.296. The predicted octanol–water partition coefficient (Wildman–Crippen LogP) is 2.81. The van der Waals surface area contributed by atoms with E-state index in [4.69, 9.17) is 16.3 Å². The van der Waals surface area contributed by atoms with E-state index < -0.39 is 5.97 Å². The van der Waals surface area contributed by atoms with Crippen LogP contribution in [0.2, 0.25) is 5.02 Å². The van der Waals surface area contributed by atoms with Gasteiger partial charge in [-0.3, -0.25) is 4.79 Å². The molecule has 1 N–H and O–H groups in total. The van der Waals surface area contributed by atoms with Gasteiger partial charge in [-0.1, -0.05) is 23.7 Å². The van der Waals surface area contributed by atoms with Gasteiger partial charge in [0.15, 0.2) is 6.61 Å². The first-order valence-electron chi connectivity index (χ1n) is 6.18. The lowest BCUT2D eigenvalue weighted by atomic mass is 10.1. The van der Waals surface area contributed by atoms with Gasteiger partial charge in [-0.25, -0.2) is 4.79 Å². The lowest BCUT2D eigenvalue weighted by Crippen LogP contribution is -2.42. The van der Waals surface area contributed by atoms with Gasteiger partial charge in [-0.2, -0.15) is 0 Å². The number of amides is 1. The molecule has 1 rings (SSSR count). The van der Waals surface area contributed by atoms with Crippen molar-refractivity contribution in [2.24, 2.45) is 0 Å². The van der Waals surface area contributed by atoms with Crippen LogP contribution < -0.4 is 5.32 Å². The third-order valence-electron chi connectivity index (χ3n) is 2.12. The quantitative estimate of drug-likeness (QED) is 0.686. The number of hydrogen-bond acceptors (Lipinski definition) is 3. The molecule has 0 heterocycles. The van der Waals surface area contributed by atoms with Crippen LogP contribution >= 0.6 is 11.6 Å². The zero-order valence-corrected chi connectivity index (χ0v) is 12.5. The second-order valence-corrected chi connectivity index (χ2v) is 5.73. The van der Waals surface area contributed by atoms with Crippen LogP contribution in [0.25, 0.3) is 6.08 Å². The molecule has 0 saturated carbocycles. The van der Waals surface area contributed by atoms with E-state index in [1.807, 2.05) is 26.8 Å². The summed E-state index contributed by atoms with van der Waals surface area (Å²) in [6.07, 6.45) is 2.84. The lowest BCUT2D eigenvalue weighted by molar-refractivity contribution is -0.144. The molecular formula is C15H18ClNO3. The van der Waals surface area contributed by atoms with E-state index in [-0.39, 0.29) is 18.1 Å². The number of esters is 1. The number of ether oxygens (including phenoxy) is 1. The van der Waals surface area contributed by atoms with E-state index in [1.165, 1.54) is 6.08 Å². The Kier molecular flexibility index (Phi) is 5.77. The van der Waals surface area contributed by atoms with E-state index in [9.17, 15) is 9.59 Å². The number of carbonyl (C=O) groups is 2. The number of nitrogens with one attached hydrogen (secondary N) is 1. The first kappa shape index (κ1) is 16.2. The molecule has 1 amide bonds. The molecule has 0 saturated heterocycles. The average Bonchev–Trinajstić information content (AvgIpc) is 2.32. The number of hydrogen-bond donors (Lipinski definition) is 1. The Morgan fingerprint density at radius 1 is 1.35 bits per heavy atom. The third-order valence-corrected chi connectivity index (χ3v) is 2.36. The van der Waals surface area contributed by atoms with Gasteiger partial charge >= 0.3 is 5.97 Å². The number of halogens is 1. The molecule has 4 nitrogen and oxygen atoms in total. The largest absolute Gasteiger partial charge is 0.452 e. The van der Waals surface area contributed by atoms with Crippen LogP contribution in [-0.2, 0) is 14.3 Å². The van der Waals surface area contributed by atoms with Crippen LogP contribution in [0, 0.1) is 0 Å². The van der Waals surface area contributed by atoms with Crippen LogP contribution in [0.1, 0.15) is 26.3 Å². The Hall–Kier alpha value is -1.81. The maximum atomic E-state index is 11.5. The lowest BCUT2D eigenvalue weighted by Gasteiger charge is -2.20. The Labute approximate surface area is 123 Å². The predicted molar refractivity (Wildman–Crippen MR) is 79.3 cm³/mol. The Balaban J connectivity index is 2.42. The van der Waals surface area contributed by atoms with Crippen molar-refractivity contribution in [3.05, 3.63) is 40.9 Å². The first-order chi connectivity index (χ1) is 9.26. The van der Waals surface area contributed by atoms with Crippen molar-refractivity contribution in [3.63, 3.8) is 0 Å². The summed E-state index contributed by atoms with van der Waals surface area (Å²) in [5.41, 5.74) is 0.439. The molecule has 0 aliphatic heterocycles. The van der Waals surface area contributed by atoms with E-state index in [0.29, 0.717) is 5.02 Å². The zero-order valence-electron chi connectivity index (χ0n) is 11.8. The van der Waals surface area contributed by atoms with Gasteiger partial charge in [-0.05, 0) is 44.5 Å². The summed E-state index contributed by atoms with van der Waals surface area (Å²) in [5, 5.41) is 3.29. The molecule has 0 aliphatic rings. The minimum atomic E-state index is -0.575. The number of benzene rings is 1. The molecule has 0 bridgehead atoms. The summed E-state index contributed by atoms with van der Waals surface area (Å²) < 4.78 is 4.83. The van der Waals surface area contributed by atoms with Gasteiger partial charge in [0.05, 0.1) is 0 Å². The molecule has 108 valence electrons. The molecule has 0 aliphatic carbocycles. The molecule has 0 spiro atoms. The normalized spacial score (nSPS) is 11.4. The van der Waals surface area contributed by atoms with Gasteiger partial charge < -0.3 is 10.1 Å². The molecule has 20 heavy (non-hydrogen) atoms. The smallest absolute Gasteiger partial charge is 0.331 e. The molecule has 0 fully saturated rings. The molecule has 0 radical (unpaired) electrons. The molecule has 0 aromatic heterocycles. The maximum Gasteiger partial charge on any atom is 0.331 e. The Bertz CT molecular complexity index is 518. The van der Waals surface area contributed by atoms with Crippen LogP contribution in [-0.4, -0.2) is 24.0 Å². The van der Waals surface area contributed by atoms with Crippen LogP contribution in [0.15, 0.2) is 30.3 Å². The summed E-state index contributed by atoms with van der Waals surface area (Å²) in [5.74, 6) is -0.906. The number of rotatable bonds is 4. The molecular weight excluding hydrogens is 278 g/mol. The highest BCUT2D eigenvalue weighted by Gasteiger charge is 2.14. The van der Waals surface area contributed by atoms with Crippen LogP contribution in [0.5, 0.6) is 0 Å². The molecule has 5 heteroatoms. The summed E-state index contributed by atoms with van der Waals surface area (Å²) >= 11 is 5.82. The van der Waals surface area contributed by atoms with Crippen molar-refractivity contribution in [3.8, 4) is 0 Å². The van der Waals surface area contributed by atoms with Gasteiger partial charge in [0, 0.05) is 16.6 Å². The van der Waals surface area contributed by atoms with E-state index in [1.54, 1.807) is 24.3 Å². The topological polar surface area (TPSA) is 55.4 Å². The van der Waals surface area contributed by atoms with Crippen LogP contribution in [0.4, 0.5) is 0 Å². The number of carbonyl (C=O) groups excluding carboxylic acids is 2. The summed E-state index contributed by atoms with van der Waals surface area (Å²) in [6.45, 7) is 5.26. The van der Waals surface area contributed by atoms with Crippen molar-refractivity contribution in [2.45, 2.75) is 26.3 Å². The van der Waals surface area contributed by atoms with E-state index in [0.717, 1.165) is 5.56 Å². The maximum absolute atomic E-state index is 11.5. The summed E-state index contributed by atoms with van der Waals surface area (Å²) in [7, 11) is 0. The minimum Gasteiger partial charge on any atom is -0.452 e. The Morgan fingerprint density at radius 2 is 2.05 bits per heavy atom. The Morgan fingerprint density at radius 3 is 2.65 bits per heavy atom. The fourth-order valence-electron chi connectivity index (χ4n) is 1.41. The summed E-state index contributed by atoms with van der Waals surface area (Å²) in [4.78, 5) is 22.9. The van der Waals surface area contributed by atoms with Gasteiger partial charge in [-0.15, -0.1) is 0 Å². The highest BCUT2D eigenvalue weighted by molar-refractivity contribution is 6.30. The zero-order chi connectivity index (χ0) is 15.2. The van der Waals surface area contributed by atoms with Crippen molar-refractivity contribution >= 4 is 29.6 Å². The second kappa shape index (κ2) is 7.10. The van der Waals surface area contributed by atoms with Gasteiger partial charge in [0.2, 0.25) is 0 Å². The molecule has 1 aromatic rings. The SMILES string of the molecule is CC(C)(C)NC(=O)COC(=O)/C=C/c1cccc(Cl)c1. The molecule has 0 atom stereocenters. The second-order valence-electron chi connectivity index (χ2n) is 5.29. The first-order valence-corrected chi connectivity index (χ1v) is 6.55. The van der Waals surface area contributed by atoms with E-state index >= 15 is 0 Å². The average molecular weight is 296 g/mol. The molecule has 0 unspecified atom stereocenters. The fourth-order valence-corrected chi connectivity index (χ4v) is 1.61. The van der Waals surface area contributed by atoms with Crippen molar-refractivity contribution in [1.29, 1.82) is 0 Å². The van der Waals surface area contributed by atoms with Gasteiger partial charge in [0.25, 0.3) is 5.91 Å². The van der Waals surface area contributed by atoms with E-state index in [2.05, 4.69) is 5.32 Å². The highest BCUT2D eigenvalue weighted by atomic mass is 35.5. The van der Waals surface area contributed by atoms with Crippen molar-refractivity contribution < 1.29 is 14.3 Å². The van der Waals surface area contributed by atoms with Gasteiger partial charge in [0.1, 0.15) is 0 Å². The monoisotopic (exact) mass is 295 g/mol. The molecule has 1 aromatic carbocycles. The van der Waals surface area contributed by atoms with Crippen LogP contribution in [0.3, 0.4) is 0 Å². The highest BCUT2D eigenvalue weighted by Crippen LogP contribution is 2.11. The standard InChI is InChI=1S/C15H18ClNO3/c1-15(2,3)17-13(18)10-20-14(19)8-7-11-5-4-6-12(16)9-11/h4-9H,10H2,1-3H3,(H,17,18)/b8-7+. The van der Waals surface area contributed by atoms with Crippen molar-refractivity contribution in [2.75, 3.05) is 6.61 Å². The van der Waals surface area contributed by atoms with Crippen molar-refractivity contribution in [1.82, 2.24) is 5.32 Å². The fraction of sp³-hybridized carbons (Fsp3) is 0.333. The third kappa shape index (κ3) is 6.95.